The first-order valence-electron chi connectivity index (χ1n) is 5.92. The summed E-state index contributed by atoms with van der Waals surface area (Å²) < 4.78 is 1.39. The van der Waals surface area contributed by atoms with Crippen molar-refractivity contribution in [2.45, 2.75) is 19.8 Å². The van der Waals surface area contributed by atoms with Gasteiger partial charge in [-0.1, -0.05) is 48.1 Å². The van der Waals surface area contributed by atoms with Crippen molar-refractivity contribution in [2.24, 2.45) is 0 Å². The van der Waals surface area contributed by atoms with Crippen LogP contribution < -0.4 is 5.73 Å². The van der Waals surface area contributed by atoms with E-state index in [1.807, 2.05) is 6.92 Å². The number of aromatic nitrogens is 2. The third-order valence-corrected chi connectivity index (χ3v) is 3.58. The first-order chi connectivity index (χ1) is 9.49. The summed E-state index contributed by atoms with van der Waals surface area (Å²) in [4.78, 5) is 0. The molecule has 0 radical (unpaired) electrons. The van der Waals surface area contributed by atoms with Crippen LogP contribution in [0.5, 0.6) is 0 Å². The molecule has 0 fully saturated rings. The number of nitriles is 1. The number of nitrogens with zero attached hydrogens (tertiary/aromatic N) is 3. The quantitative estimate of drug-likeness (QED) is 0.915. The van der Waals surface area contributed by atoms with E-state index >= 15 is 0 Å². The lowest BCUT2D eigenvalue weighted by Crippen LogP contribution is -2.04. The van der Waals surface area contributed by atoms with E-state index in [0.29, 0.717) is 38.4 Å². The van der Waals surface area contributed by atoms with Crippen LogP contribution in [0.25, 0.3) is 5.69 Å². The van der Waals surface area contributed by atoms with Crippen molar-refractivity contribution in [1.29, 1.82) is 5.26 Å². The number of anilines is 1. The Balaban J connectivity index is 2.69. The molecule has 0 saturated heterocycles. The molecule has 0 aliphatic carbocycles. The summed E-state index contributed by atoms with van der Waals surface area (Å²) >= 11 is 18.2. The Bertz CT molecular complexity index is 677. The van der Waals surface area contributed by atoms with Crippen molar-refractivity contribution in [2.75, 3.05) is 5.73 Å². The average molecular weight is 330 g/mol. The number of nitrogens with two attached hydrogens (primary N) is 1. The van der Waals surface area contributed by atoms with Gasteiger partial charge in [0.2, 0.25) is 0 Å². The summed E-state index contributed by atoms with van der Waals surface area (Å²) in [6, 6.07) is 5.17. The lowest BCUT2D eigenvalue weighted by Gasteiger charge is -2.09. The molecule has 0 spiro atoms. The fourth-order valence-electron chi connectivity index (χ4n) is 1.92. The van der Waals surface area contributed by atoms with Gasteiger partial charge in [-0.15, -0.1) is 0 Å². The fourth-order valence-corrected chi connectivity index (χ4v) is 2.90. The lowest BCUT2D eigenvalue weighted by atomic mass is 10.2. The molecule has 0 bridgehead atoms. The van der Waals surface area contributed by atoms with E-state index in [1.54, 1.807) is 12.1 Å². The second-order valence-electron chi connectivity index (χ2n) is 4.20. The summed E-state index contributed by atoms with van der Waals surface area (Å²) in [7, 11) is 0. The first-order valence-corrected chi connectivity index (χ1v) is 7.05. The minimum absolute atomic E-state index is 0.224. The fraction of sp³-hybridized carbons (Fsp3) is 0.231. The number of benzene rings is 1. The molecule has 0 saturated carbocycles. The maximum absolute atomic E-state index is 9.20. The molecule has 7 heteroatoms. The summed E-state index contributed by atoms with van der Waals surface area (Å²) in [6.07, 6.45) is 1.51. The molecular formula is C13H11Cl3N4. The van der Waals surface area contributed by atoms with Crippen molar-refractivity contribution < 1.29 is 0 Å². The molecule has 0 unspecified atom stereocenters. The number of aryl methyl sites for hydroxylation is 1. The van der Waals surface area contributed by atoms with Gasteiger partial charge in [0.05, 0.1) is 15.7 Å². The van der Waals surface area contributed by atoms with Gasteiger partial charge in [0.25, 0.3) is 0 Å². The van der Waals surface area contributed by atoms with Crippen molar-refractivity contribution in [1.82, 2.24) is 9.78 Å². The molecule has 2 N–H and O–H groups in total. The van der Waals surface area contributed by atoms with E-state index in [4.69, 9.17) is 40.5 Å². The van der Waals surface area contributed by atoms with E-state index in [2.05, 4.69) is 11.2 Å². The normalized spacial score (nSPS) is 10.6. The highest BCUT2D eigenvalue weighted by atomic mass is 35.5. The molecule has 1 aromatic carbocycles. The number of hydrogen-bond donors (Lipinski definition) is 1. The van der Waals surface area contributed by atoms with Gasteiger partial charge in [-0.25, -0.2) is 4.68 Å². The van der Waals surface area contributed by atoms with E-state index in [9.17, 15) is 5.26 Å². The highest BCUT2D eigenvalue weighted by Crippen LogP contribution is 2.34. The Hall–Kier alpha value is -1.41. The predicted molar refractivity (Wildman–Crippen MR) is 81.7 cm³/mol. The summed E-state index contributed by atoms with van der Waals surface area (Å²) in [5, 5.41) is 14.6. The van der Waals surface area contributed by atoms with Crippen molar-refractivity contribution in [3.05, 3.63) is 38.5 Å². The van der Waals surface area contributed by atoms with Crippen LogP contribution in [-0.4, -0.2) is 9.78 Å². The Labute approximate surface area is 131 Å². The van der Waals surface area contributed by atoms with Crippen LogP contribution in [0.1, 0.15) is 24.6 Å². The molecule has 20 heavy (non-hydrogen) atoms. The Morgan fingerprint density at radius 1 is 1.30 bits per heavy atom. The molecule has 0 aliphatic rings. The average Bonchev–Trinajstić information content (AvgIpc) is 2.65. The second kappa shape index (κ2) is 5.92. The van der Waals surface area contributed by atoms with Crippen LogP contribution in [-0.2, 0) is 6.42 Å². The lowest BCUT2D eigenvalue weighted by molar-refractivity contribution is 0.810. The Kier molecular flexibility index (Phi) is 4.44. The summed E-state index contributed by atoms with van der Waals surface area (Å²) in [5.41, 5.74) is 7.39. The van der Waals surface area contributed by atoms with Crippen LogP contribution in [0.2, 0.25) is 15.1 Å². The third-order valence-electron chi connectivity index (χ3n) is 2.79. The Morgan fingerprint density at radius 2 is 1.90 bits per heavy atom. The van der Waals surface area contributed by atoms with Crippen LogP contribution in [0.15, 0.2) is 12.1 Å². The van der Waals surface area contributed by atoms with Crippen LogP contribution >= 0.6 is 34.8 Å². The standard InChI is InChI=1S/C13H11Cl3N4/c1-2-3-11-8(6-17)13(18)20(19-11)12-9(15)4-7(14)5-10(12)16/h4-5H,2-3,18H2,1H3. The smallest absolute Gasteiger partial charge is 0.145 e. The SMILES string of the molecule is CCCc1nn(-c2c(Cl)cc(Cl)cc2Cl)c(N)c1C#N. The molecule has 1 heterocycles. The van der Waals surface area contributed by atoms with Gasteiger partial charge in [0.15, 0.2) is 0 Å². The molecule has 0 atom stereocenters. The third kappa shape index (κ3) is 2.57. The zero-order valence-electron chi connectivity index (χ0n) is 10.6. The number of halogens is 3. The highest BCUT2D eigenvalue weighted by molar-refractivity contribution is 6.40. The number of nitrogen functional groups attached to an aromatic ring is 1. The van der Waals surface area contributed by atoms with Crippen molar-refractivity contribution in [3.8, 4) is 11.8 Å². The van der Waals surface area contributed by atoms with Crippen molar-refractivity contribution >= 4 is 40.6 Å². The largest absolute Gasteiger partial charge is 0.382 e. The minimum Gasteiger partial charge on any atom is -0.382 e. The summed E-state index contributed by atoms with van der Waals surface area (Å²) in [6.45, 7) is 2.00. The predicted octanol–water partition coefficient (Wildman–Crippen LogP) is 4.24. The van der Waals surface area contributed by atoms with Crippen LogP contribution in [0, 0.1) is 11.3 Å². The van der Waals surface area contributed by atoms with Gasteiger partial charge < -0.3 is 5.73 Å². The first kappa shape index (κ1) is 15.0. The van der Waals surface area contributed by atoms with Gasteiger partial charge in [0, 0.05) is 5.02 Å². The van der Waals surface area contributed by atoms with Gasteiger partial charge in [0.1, 0.15) is 23.1 Å². The number of rotatable bonds is 3. The van der Waals surface area contributed by atoms with E-state index in [0.717, 1.165) is 6.42 Å². The summed E-state index contributed by atoms with van der Waals surface area (Å²) in [5.74, 6) is 0.224. The molecule has 4 nitrogen and oxygen atoms in total. The highest BCUT2D eigenvalue weighted by Gasteiger charge is 2.19. The van der Waals surface area contributed by atoms with E-state index < -0.39 is 0 Å². The molecule has 104 valence electrons. The van der Waals surface area contributed by atoms with Gasteiger partial charge >= 0.3 is 0 Å². The zero-order chi connectivity index (χ0) is 14.9. The molecule has 2 aromatic rings. The number of hydrogen-bond acceptors (Lipinski definition) is 3. The van der Waals surface area contributed by atoms with Crippen LogP contribution in [0.4, 0.5) is 5.82 Å². The molecular weight excluding hydrogens is 319 g/mol. The maximum atomic E-state index is 9.20. The second-order valence-corrected chi connectivity index (χ2v) is 5.45. The van der Waals surface area contributed by atoms with E-state index in [1.165, 1.54) is 4.68 Å². The zero-order valence-corrected chi connectivity index (χ0v) is 12.9. The molecule has 0 amide bonds. The van der Waals surface area contributed by atoms with Crippen molar-refractivity contribution in [3.63, 3.8) is 0 Å². The van der Waals surface area contributed by atoms with Crippen LogP contribution in [0.3, 0.4) is 0 Å². The Morgan fingerprint density at radius 3 is 2.40 bits per heavy atom. The minimum atomic E-state index is 0.224. The monoisotopic (exact) mass is 328 g/mol. The van der Waals surface area contributed by atoms with E-state index in [-0.39, 0.29) is 5.82 Å². The molecule has 2 rings (SSSR count). The van der Waals surface area contributed by atoms with Gasteiger partial charge in [-0.3, -0.25) is 0 Å². The van der Waals surface area contributed by atoms with Gasteiger partial charge in [-0.05, 0) is 18.6 Å². The topological polar surface area (TPSA) is 67.6 Å². The molecule has 1 aromatic heterocycles. The molecule has 0 aliphatic heterocycles. The van der Waals surface area contributed by atoms with Gasteiger partial charge in [-0.2, -0.15) is 10.4 Å². The maximum Gasteiger partial charge on any atom is 0.145 e.